The summed E-state index contributed by atoms with van der Waals surface area (Å²) < 4.78 is 5.47. The third-order valence-corrected chi connectivity index (χ3v) is 3.92. The minimum absolute atomic E-state index is 0.0322. The molecule has 0 radical (unpaired) electrons. The molecule has 0 N–H and O–H groups in total. The first-order valence-corrected chi connectivity index (χ1v) is 7.84. The van der Waals surface area contributed by atoms with Crippen LogP contribution in [0.2, 0.25) is 0 Å². The van der Waals surface area contributed by atoms with E-state index in [0.29, 0.717) is 6.61 Å². The highest BCUT2D eigenvalue weighted by molar-refractivity contribution is 6.03. The van der Waals surface area contributed by atoms with Crippen molar-refractivity contribution in [3.8, 4) is 5.75 Å². The number of carbonyl (C=O) groups is 1. The van der Waals surface area contributed by atoms with Crippen molar-refractivity contribution in [3.63, 3.8) is 0 Å². The summed E-state index contributed by atoms with van der Waals surface area (Å²) >= 11 is 0. The number of benzene rings is 2. The number of hydrogen-bond donors (Lipinski definition) is 0. The average molecular weight is 308 g/mol. The van der Waals surface area contributed by atoms with Gasteiger partial charge in [0.25, 0.3) is 0 Å². The van der Waals surface area contributed by atoms with Gasteiger partial charge in [-0.1, -0.05) is 30.3 Å². The van der Waals surface area contributed by atoms with Crippen molar-refractivity contribution in [2.75, 3.05) is 6.61 Å². The molecule has 0 saturated carbocycles. The monoisotopic (exact) mass is 308 g/mol. The molecule has 0 unspecified atom stereocenters. The van der Waals surface area contributed by atoms with Crippen LogP contribution in [0, 0.1) is 0 Å². The van der Waals surface area contributed by atoms with Crippen LogP contribution < -0.4 is 4.74 Å². The molecule has 1 atom stereocenters. The maximum atomic E-state index is 11.9. The molecular weight excluding hydrogens is 288 g/mol. The number of rotatable bonds is 4. The van der Waals surface area contributed by atoms with Crippen molar-refractivity contribution >= 4 is 11.6 Å². The lowest BCUT2D eigenvalue weighted by Gasteiger charge is -2.20. The number of nitrogens with zero attached hydrogens (tertiary/aromatic N) is 2. The second-order valence-electron chi connectivity index (χ2n) is 5.50. The molecule has 3 rings (SSSR count). The zero-order chi connectivity index (χ0) is 16.2. The predicted octanol–water partition coefficient (Wildman–Crippen LogP) is 3.78. The van der Waals surface area contributed by atoms with Gasteiger partial charge in [0, 0.05) is 13.3 Å². The molecule has 0 saturated heterocycles. The van der Waals surface area contributed by atoms with E-state index in [1.165, 1.54) is 0 Å². The quantitative estimate of drug-likeness (QED) is 0.862. The molecule has 23 heavy (non-hydrogen) atoms. The molecule has 0 fully saturated rings. The van der Waals surface area contributed by atoms with Crippen LogP contribution in [0.4, 0.5) is 0 Å². The Kier molecular flexibility index (Phi) is 4.42. The minimum Gasteiger partial charge on any atom is -0.494 e. The van der Waals surface area contributed by atoms with Crippen molar-refractivity contribution in [2.45, 2.75) is 26.3 Å². The molecule has 4 nitrogen and oxygen atoms in total. The summed E-state index contributed by atoms with van der Waals surface area (Å²) in [7, 11) is 0. The Morgan fingerprint density at radius 3 is 2.48 bits per heavy atom. The molecule has 1 aliphatic heterocycles. The molecular formula is C19H20N2O2. The van der Waals surface area contributed by atoms with Gasteiger partial charge in [0.05, 0.1) is 18.4 Å². The van der Waals surface area contributed by atoms with Crippen molar-refractivity contribution < 1.29 is 9.53 Å². The summed E-state index contributed by atoms with van der Waals surface area (Å²) in [6, 6.07) is 17.9. The van der Waals surface area contributed by atoms with Crippen LogP contribution in [0.1, 0.15) is 37.4 Å². The summed E-state index contributed by atoms with van der Waals surface area (Å²) in [5.74, 6) is 0.803. The largest absolute Gasteiger partial charge is 0.494 e. The van der Waals surface area contributed by atoms with E-state index in [1.807, 2.05) is 61.5 Å². The predicted molar refractivity (Wildman–Crippen MR) is 90.5 cm³/mol. The summed E-state index contributed by atoms with van der Waals surface area (Å²) in [4.78, 5) is 11.9. The number of carbonyl (C=O) groups excluding carboxylic acids is 1. The maximum Gasteiger partial charge on any atom is 0.240 e. The van der Waals surface area contributed by atoms with Crippen molar-refractivity contribution in [1.29, 1.82) is 0 Å². The van der Waals surface area contributed by atoms with Crippen LogP contribution in [0.5, 0.6) is 5.75 Å². The Labute approximate surface area is 136 Å². The van der Waals surface area contributed by atoms with Gasteiger partial charge in [-0.2, -0.15) is 5.10 Å². The van der Waals surface area contributed by atoms with Crippen LogP contribution in [-0.2, 0) is 4.79 Å². The third-order valence-electron chi connectivity index (χ3n) is 3.92. The molecule has 0 bridgehead atoms. The van der Waals surface area contributed by atoms with Crippen molar-refractivity contribution in [1.82, 2.24) is 5.01 Å². The van der Waals surface area contributed by atoms with Crippen LogP contribution in [-0.4, -0.2) is 23.2 Å². The number of amides is 1. The fourth-order valence-electron chi connectivity index (χ4n) is 2.82. The second-order valence-corrected chi connectivity index (χ2v) is 5.50. The van der Waals surface area contributed by atoms with E-state index in [0.717, 1.165) is 29.0 Å². The van der Waals surface area contributed by atoms with Gasteiger partial charge in [-0.05, 0) is 42.3 Å². The third kappa shape index (κ3) is 3.26. The maximum absolute atomic E-state index is 11.9. The number of hydrogen-bond acceptors (Lipinski definition) is 3. The van der Waals surface area contributed by atoms with Gasteiger partial charge < -0.3 is 4.74 Å². The fraction of sp³-hybridized carbons (Fsp3) is 0.263. The Balaban J connectivity index is 1.86. The zero-order valence-electron chi connectivity index (χ0n) is 13.4. The highest BCUT2D eigenvalue weighted by Crippen LogP contribution is 2.32. The number of hydrazone groups is 1. The van der Waals surface area contributed by atoms with Gasteiger partial charge in [0.15, 0.2) is 0 Å². The van der Waals surface area contributed by atoms with E-state index in [4.69, 9.17) is 4.74 Å². The van der Waals surface area contributed by atoms with E-state index in [2.05, 4.69) is 5.10 Å². The fourth-order valence-corrected chi connectivity index (χ4v) is 2.82. The molecule has 2 aromatic carbocycles. The lowest BCUT2D eigenvalue weighted by atomic mass is 9.98. The van der Waals surface area contributed by atoms with Crippen LogP contribution in [0.25, 0.3) is 0 Å². The molecule has 1 amide bonds. The highest BCUT2D eigenvalue weighted by atomic mass is 16.5. The normalized spacial score (nSPS) is 17.0. The van der Waals surface area contributed by atoms with Gasteiger partial charge in [-0.25, -0.2) is 5.01 Å². The van der Waals surface area contributed by atoms with Crippen LogP contribution >= 0.6 is 0 Å². The minimum atomic E-state index is -0.0419. The zero-order valence-corrected chi connectivity index (χ0v) is 13.4. The second kappa shape index (κ2) is 6.65. The molecule has 0 aliphatic carbocycles. The van der Waals surface area contributed by atoms with Gasteiger partial charge in [-0.15, -0.1) is 0 Å². The van der Waals surface area contributed by atoms with Gasteiger partial charge in [-0.3, -0.25) is 4.79 Å². The van der Waals surface area contributed by atoms with Crippen molar-refractivity contribution in [3.05, 3.63) is 65.7 Å². The first kappa shape index (κ1) is 15.3. The van der Waals surface area contributed by atoms with Gasteiger partial charge in [0.1, 0.15) is 5.75 Å². The van der Waals surface area contributed by atoms with Crippen LogP contribution in [0.15, 0.2) is 59.7 Å². The van der Waals surface area contributed by atoms with Crippen molar-refractivity contribution in [2.24, 2.45) is 5.10 Å². The molecule has 1 aliphatic rings. The summed E-state index contributed by atoms with van der Waals surface area (Å²) in [6.45, 7) is 4.17. The standard InChI is InChI=1S/C19H20N2O2/c1-3-23-17-11-9-15(10-12-17)18-13-19(21(20-18)14(2)22)16-7-5-4-6-8-16/h4-12,19H,3,13H2,1-2H3/t19-/m1/s1. The molecule has 4 heteroatoms. The first-order chi connectivity index (χ1) is 11.2. The topological polar surface area (TPSA) is 41.9 Å². The highest BCUT2D eigenvalue weighted by Gasteiger charge is 2.31. The SMILES string of the molecule is CCOc1ccc(C2=NN(C(C)=O)[C@@H](c3ccccc3)C2)cc1. The van der Waals surface area contributed by atoms with E-state index in [9.17, 15) is 4.79 Å². The van der Waals surface area contributed by atoms with Crippen LogP contribution in [0.3, 0.4) is 0 Å². The lowest BCUT2D eigenvalue weighted by molar-refractivity contribution is -0.130. The Morgan fingerprint density at radius 1 is 1.17 bits per heavy atom. The van der Waals surface area contributed by atoms with E-state index in [1.54, 1.807) is 11.9 Å². The van der Waals surface area contributed by atoms with Gasteiger partial charge in [0.2, 0.25) is 5.91 Å². The van der Waals surface area contributed by atoms with Gasteiger partial charge >= 0.3 is 0 Å². The Morgan fingerprint density at radius 2 is 1.87 bits per heavy atom. The van der Waals surface area contributed by atoms with E-state index in [-0.39, 0.29) is 11.9 Å². The Bertz CT molecular complexity index is 708. The lowest BCUT2D eigenvalue weighted by Crippen LogP contribution is -2.24. The summed E-state index contributed by atoms with van der Waals surface area (Å²) in [5.41, 5.74) is 3.06. The summed E-state index contributed by atoms with van der Waals surface area (Å²) in [5, 5.41) is 6.14. The molecule has 0 spiro atoms. The Hall–Kier alpha value is -2.62. The molecule has 118 valence electrons. The first-order valence-electron chi connectivity index (χ1n) is 7.84. The summed E-state index contributed by atoms with van der Waals surface area (Å²) in [6.07, 6.45) is 0.720. The average Bonchev–Trinajstić information content (AvgIpc) is 3.02. The number of ether oxygens (including phenoxy) is 1. The van der Waals surface area contributed by atoms with E-state index >= 15 is 0 Å². The molecule has 2 aromatic rings. The molecule has 0 aromatic heterocycles. The van der Waals surface area contributed by atoms with E-state index < -0.39 is 0 Å². The smallest absolute Gasteiger partial charge is 0.240 e. The molecule has 1 heterocycles.